The standard InChI is InChI=1S/C22H31FN6O4/c23-17-13-16(25-18-2-4-20(30)26-21(18)31)1-3-19(17)28-11-9-27(10-12-28)14-15-5-7-29(8-6-15)33-22(24)32/h1,3,13,15,18,25H,2,4-12,14H2,(H2,24,32)(H,26,30,31). The lowest BCUT2D eigenvalue weighted by Gasteiger charge is -2.39. The van der Waals surface area contributed by atoms with Gasteiger partial charge in [0.1, 0.15) is 11.9 Å². The van der Waals surface area contributed by atoms with Crippen molar-refractivity contribution in [3.8, 4) is 0 Å². The normalized spacial score (nSPS) is 23.3. The number of anilines is 2. The Morgan fingerprint density at radius 1 is 1.12 bits per heavy atom. The first-order chi connectivity index (χ1) is 15.9. The summed E-state index contributed by atoms with van der Waals surface area (Å²) < 4.78 is 14.8. The highest BCUT2D eigenvalue weighted by Crippen LogP contribution is 2.26. The number of benzene rings is 1. The molecule has 0 saturated carbocycles. The number of nitrogens with zero attached hydrogens (tertiary/aromatic N) is 3. The summed E-state index contributed by atoms with van der Waals surface area (Å²) in [7, 11) is 0. The molecule has 1 atom stereocenters. The second-order valence-electron chi connectivity index (χ2n) is 8.88. The maximum Gasteiger partial charge on any atom is 0.423 e. The summed E-state index contributed by atoms with van der Waals surface area (Å²) in [6.07, 6.45) is 1.80. The first-order valence-electron chi connectivity index (χ1n) is 11.5. The van der Waals surface area contributed by atoms with E-state index in [9.17, 15) is 18.8 Å². The van der Waals surface area contributed by atoms with Crippen LogP contribution in [0.4, 0.5) is 20.6 Å². The van der Waals surface area contributed by atoms with Crippen LogP contribution >= 0.6 is 0 Å². The van der Waals surface area contributed by atoms with E-state index in [-0.39, 0.29) is 24.1 Å². The fourth-order valence-electron chi connectivity index (χ4n) is 4.73. The van der Waals surface area contributed by atoms with E-state index in [1.807, 2.05) is 4.90 Å². The molecule has 1 aromatic carbocycles. The zero-order valence-corrected chi connectivity index (χ0v) is 18.6. The molecule has 1 unspecified atom stereocenters. The number of carbonyl (C=O) groups is 3. The molecule has 0 aromatic heterocycles. The van der Waals surface area contributed by atoms with Crippen LogP contribution < -0.4 is 21.3 Å². The monoisotopic (exact) mass is 462 g/mol. The van der Waals surface area contributed by atoms with E-state index >= 15 is 0 Å². The van der Waals surface area contributed by atoms with Crippen molar-refractivity contribution in [3.63, 3.8) is 0 Å². The van der Waals surface area contributed by atoms with Gasteiger partial charge in [-0.15, -0.1) is 5.06 Å². The van der Waals surface area contributed by atoms with Crippen LogP contribution in [-0.2, 0) is 14.4 Å². The lowest BCUT2D eigenvalue weighted by atomic mass is 9.97. The van der Waals surface area contributed by atoms with Gasteiger partial charge in [0.2, 0.25) is 11.8 Å². The number of rotatable bonds is 6. The molecule has 3 aliphatic heterocycles. The van der Waals surface area contributed by atoms with E-state index in [0.717, 1.165) is 45.6 Å². The summed E-state index contributed by atoms with van der Waals surface area (Å²) in [6.45, 7) is 5.55. The van der Waals surface area contributed by atoms with Gasteiger partial charge >= 0.3 is 6.09 Å². The zero-order chi connectivity index (χ0) is 23.4. The molecule has 0 aliphatic carbocycles. The van der Waals surface area contributed by atoms with E-state index in [2.05, 4.69) is 15.5 Å². The maximum absolute atomic E-state index is 14.8. The van der Waals surface area contributed by atoms with Crippen LogP contribution in [-0.4, -0.2) is 79.7 Å². The topological polar surface area (TPSA) is 120 Å². The van der Waals surface area contributed by atoms with Crippen LogP contribution in [0.5, 0.6) is 0 Å². The van der Waals surface area contributed by atoms with Gasteiger partial charge in [0.25, 0.3) is 0 Å². The molecule has 3 amide bonds. The number of primary amides is 1. The quantitative estimate of drug-likeness (QED) is 0.533. The number of hydrogen-bond donors (Lipinski definition) is 3. The lowest BCUT2D eigenvalue weighted by molar-refractivity contribution is -0.133. The largest absolute Gasteiger partial charge is 0.423 e. The number of hydroxylamine groups is 2. The fourth-order valence-corrected chi connectivity index (χ4v) is 4.73. The number of carbonyl (C=O) groups excluding carboxylic acids is 3. The molecule has 33 heavy (non-hydrogen) atoms. The molecule has 3 fully saturated rings. The van der Waals surface area contributed by atoms with Crippen molar-refractivity contribution in [2.45, 2.75) is 31.7 Å². The van der Waals surface area contributed by atoms with Crippen LogP contribution in [0.15, 0.2) is 18.2 Å². The number of nitrogens with two attached hydrogens (primary N) is 1. The minimum absolute atomic E-state index is 0.272. The predicted octanol–water partition coefficient (Wildman–Crippen LogP) is 0.887. The summed E-state index contributed by atoms with van der Waals surface area (Å²) in [5, 5.41) is 6.94. The van der Waals surface area contributed by atoms with Crippen LogP contribution in [0.25, 0.3) is 0 Å². The Morgan fingerprint density at radius 2 is 1.85 bits per heavy atom. The molecule has 1 aromatic rings. The Balaban J connectivity index is 1.24. The number of imide groups is 1. The summed E-state index contributed by atoms with van der Waals surface area (Å²) in [6, 6.07) is 4.39. The van der Waals surface area contributed by atoms with Crippen molar-refractivity contribution in [2.24, 2.45) is 11.7 Å². The Morgan fingerprint density at radius 3 is 2.48 bits per heavy atom. The van der Waals surface area contributed by atoms with Gasteiger partial charge in [-0.1, -0.05) is 0 Å². The third-order valence-corrected chi connectivity index (χ3v) is 6.55. The molecule has 10 nitrogen and oxygen atoms in total. The van der Waals surface area contributed by atoms with Gasteiger partial charge in [-0.25, -0.2) is 9.18 Å². The fraction of sp³-hybridized carbons (Fsp3) is 0.591. The van der Waals surface area contributed by atoms with Crippen molar-refractivity contribution in [3.05, 3.63) is 24.0 Å². The number of nitrogens with one attached hydrogen (secondary N) is 2. The van der Waals surface area contributed by atoms with Gasteiger partial charge in [-0.2, -0.15) is 0 Å². The lowest BCUT2D eigenvalue weighted by Crippen LogP contribution is -2.49. The first kappa shape index (κ1) is 23.2. The second kappa shape index (κ2) is 10.3. The molecule has 4 N–H and O–H groups in total. The Kier molecular flexibility index (Phi) is 7.29. The van der Waals surface area contributed by atoms with E-state index in [1.165, 1.54) is 6.07 Å². The highest BCUT2D eigenvalue weighted by Gasteiger charge is 2.28. The molecule has 0 spiro atoms. The third kappa shape index (κ3) is 6.11. The summed E-state index contributed by atoms with van der Waals surface area (Å²) in [4.78, 5) is 43.4. The molecule has 4 rings (SSSR count). The van der Waals surface area contributed by atoms with Crippen molar-refractivity contribution >= 4 is 29.3 Å². The zero-order valence-electron chi connectivity index (χ0n) is 18.6. The van der Waals surface area contributed by atoms with Gasteiger partial charge in [-0.05, 0) is 43.4 Å². The van der Waals surface area contributed by atoms with Crippen molar-refractivity contribution in [2.75, 3.05) is 56.0 Å². The third-order valence-electron chi connectivity index (χ3n) is 6.55. The van der Waals surface area contributed by atoms with Crippen LogP contribution in [0, 0.1) is 11.7 Å². The highest BCUT2D eigenvalue weighted by molar-refractivity contribution is 6.01. The van der Waals surface area contributed by atoms with Gasteiger partial charge < -0.3 is 20.8 Å². The second-order valence-corrected chi connectivity index (χ2v) is 8.88. The molecular weight excluding hydrogens is 431 g/mol. The molecule has 0 bridgehead atoms. The number of halogens is 1. The highest BCUT2D eigenvalue weighted by atomic mass is 19.1. The van der Waals surface area contributed by atoms with E-state index in [0.29, 0.717) is 36.8 Å². The van der Waals surface area contributed by atoms with Crippen LogP contribution in [0.2, 0.25) is 0 Å². The van der Waals surface area contributed by atoms with Crippen molar-refractivity contribution < 1.29 is 23.6 Å². The van der Waals surface area contributed by atoms with Gasteiger partial charge in [0.15, 0.2) is 0 Å². The van der Waals surface area contributed by atoms with Gasteiger partial charge in [0.05, 0.1) is 5.69 Å². The Hall–Kier alpha value is -2.92. The number of piperazine rings is 1. The summed E-state index contributed by atoms with van der Waals surface area (Å²) >= 11 is 0. The predicted molar refractivity (Wildman–Crippen MR) is 120 cm³/mol. The summed E-state index contributed by atoms with van der Waals surface area (Å²) in [5.41, 5.74) is 6.15. The van der Waals surface area contributed by atoms with Crippen molar-refractivity contribution in [1.82, 2.24) is 15.3 Å². The Labute approximate surface area is 192 Å². The number of piperidine rings is 2. The smallest absolute Gasteiger partial charge is 0.374 e. The van der Waals surface area contributed by atoms with E-state index in [4.69, 9.17) is 10.6 Å². The molecular formula is C22H31FN6O4. The molecule has 0 radical (unpaired) electrons. The minimum atomic E-state index is -0.767. The molecule has 3 saturated heterocycles. The average molecular weight is 463 g/mol. The average Bonchev–Trinajstić information content (AvgIpc) is 2.78. The van der Waals surface area contributed by atoms with Gasteiger partial charge in [0, 0.05) is 57.9 Å². The molecule has 3 heterocycles. The number of hydrogen-bond acceptors (Lipinski definition) is 8. The number of amides is 3. The molecule has 3 aliphatic rings. The molecule has 180 valence electrons. The van der Waals surface area contributed by atoms with E-state index in [1.54, 1.807) is 17.2 Å². The van der Waals surface area contributed by atoms with Gasteiger partial charge in [-0.3, -0.25) is 19.8 Å². The first-order valence-corrected chi connectivity index (χ1v) is 11.5. The van der Waals surface area contributed by atoms with Crippen LogP contribution in [0.3, 0.4) is 0 Å². The molecule has 11 heteroatoms. The Bertz CT molecular complexity index is 884. The minimum Gasteiger partial charge on any atom is -0.374 e. The van der Waals surface area contributed by atoms with E-state index < -0.39 is 12.1 Å². The summed E-state index contributed by atoms with van der Waals surface area (Å²) in [5.74, 6) is -0.444. The van der Waals surface area contributed by atoms with Crippen molar-refractivity contribution in [1.29, 1.82) is 0 Å². The van der Waals surface area contributed by atoms with Crippen LogP contribution in [0.1, 0.15) is 25.7 Å². The maximum atomic E-state index is 14.8. The SMILES string of the molecule is NC(=O)ON1CCC(CN2CCN(c3ccc(NC4CCC(=O)NC4=O)cc3F)CC2)CC1.